The number of benzene rings is 2. The summed E-state index contributed by atoms with van der Waals surface area (Å²) in [6.07, 6.45) is 0.123. The Morgan fingerprint density at radius 1 is 1.08 bits per heavy atom. The monoisotopic (exact) mass is 343 g/mol. The van der Waals surface area contributed by atoms with Crippen molar-refractivity contribution in [2.75, 3.05) is 6.54 Å². The van der Waals surface area contributed by atoms with Gasteiger partial charge in [0.2, 0.25) is 0 Å². The molecule has 1 aromatic heterocycles. The Labute approximate surface area is 142 Å². The number of carbonyl (C=O) groups is 1. The number of aromatic nitrogens is 2. The second-order valence-electron chi connectivity index (χ2n) is 5.34. The van der Waals surface area contributed by atoms with Crippen molar-refractivity contribution in [1.29, 1.82) is 0 Å². The summed E-state index contributed by atoms with van der Waals surface area (Å²) in [5, 5.41) is 16.5. The zero-order chi connectivity index (χ0) is 17.8. The number of amides is 1. The predicted octanol–water partition coefficient (Wildman–Crippen LogP) is 2.61. The third kappa shape index (κ3) is 3.72. The molecule has 3 rings (SSSR count). The van der Waals surface area contributed by atoms with Crippen LogP contribution in [0.3, 0.4) is 0 Å². The number of aliphatic hydroxyl groups is 1. The SMILES string of the molecule is O=C(NCC(O)c1c(F)cccc1F)c1ccn(-c2ccccc2)n1. The van der Waals surface area contributed by atoms with Gasteiger partial charge in [-0.25, -0.2) is 13.5 Å². The number of aliphatic hydroxyl groups excluding tert-OH is 1. The van der Waals surface area contributed by atoms with E-state index >= 15 is 0 Å². The van der Waals surface area contributed by atoms with Crippen LogP contribution in [0.2, 0.25) is 0 Å². The molecule has 0 radical (unpaired) electrons. The van der Waals surface area contributed by atoms with Crippen LogP contribution < -0.4 is 5.32 Å². The summed E-state index contributed by atoms with van der Waals surface area (Å²) in [4.78, 5) is 12.1. The van der Waals surface area contributed by atoms with Crippen LogP contribution in [0.1, 0.15) is 22.2 Å². The van der Waals surface area contributed by atoms with E-state index in [0.717, 1.165) is 17.8 Å². The topological polar surface area (TPSA) is 67.2 Å². The van der Waals surface area contributed by atoms with E-state index in [0.29, 0.717) is 0 Å². The zero-order valence-corrected chi connectivity index (χ0v) is 13.1. The van der Waals surface area contributed by atoms with Crippen molar-refractivity contribution in [2.24, 2.45) is 0 Å². The van der Waals surface area contributed by atoms with Crippen molar-refractivity contribution in [3.05, 3.63) is 83.7 Å². The minimum Gasteiger partial charge on any atom is -0.386 e. The first-order chi connectivity index (χ1) is 12.1. The first-order valence-corrected chi connectivity index (χ1v) is 7.57. The highest BCUT2D eigenvalue weighted by molar-refractivity contribution is 5.92. The molecule has 0 fully saturated rings. The number of nitrogens with zero attached hydrogens (tertiary/aromatic N) is 2. The number of hydrogen-bond acceptors (Lipinski definition) is 3. The van der Waals surface area contributed by atoms with Gasteiger partial charge >= 0.3 is 0 Å². The normalized spacial score (nSPS) is 12.0. The van der Waals surface area contributed by atoms with Gasteiger partial charge in [-0.1, -0.05) is 24.3 Å². The van der Waals surface area contributed by atoms with Crippen molar-refractivity contribution in [1.82, 2.24) is 15.1 Å². The molecule has 5 nitrogen and oxygen atoms in total. The fourth-order valence-electron chi connectivity index (χ4n) is 2.38. The zero-order valence-electron chi connectivity index (χ0n) is 13.1. The molecule has 1 amide bonds. The summed E-state index contributed by atoms with van der Waals surface area (Å²) in [5.74, 6) is -2.28. The lowest BCUT2D eigenvalue weighted by Crippen LogP contribution is -2.29. The van der Waals surface area contributed by atoms with Crippen LogP contribution in [-0.2, 0) is 0 Å². The molecule has 7 heteroatoms. The van der Waals surface area contributed by atoms with Crippen molar-refractivity contribution < 1.29 is 18.7 Å². The largest absolute Gasteiger partial charge is 0.386 e. The Balaban J connectivity index is 1.66. The number of nitrogens with one attached hydrogen (secondary N) is 1. The summed E-state index contributed by atoms with van der Waals surface area (Å²) in [5.41, 5.74) is 0.442. The fourth-order valence-corrected chi connectivity index (χ4v) is 2.38. The lowest BCUT2D eigenvalue weighted by molar-refractivity contribution is 0.0906. The summed E-state index contributed by atoms with van der Waals surface area (Å²) in [7, 11) is 0. The highest BCUT2D eigenvalue weighted by Gasteiger charge is 2.19. The van der Waals surface area contributed by atoms with Gasteiger partial charge in [0.25, 0.3) is 5.91 Å². The standard InChI is InChI=1S/C18H15F2N3O2/c19-13-7-4-8-14(20)17(13)16(24)11-21-18(25)15-9-10-23(22-15)12-5-2-1-3-6-12/h1-10,16,24H,11H2,(H,21,25). The molecule has 0 aliphatic rings. The predicted molar refractivity (Wildman–Crippen MR) is 87.2 cm³/mol. The molecule has 2 aromatic carbocycles. The van der Waals surface area contributed by atoms with E-state index in [4.69, 9.17) is 0 Å². The molecule has 0 spiro atoms. The van der Waals surface area contributed by atoms with E-state index in [2.05, 4.69) is 10.4 Å². The minimum absolute atomic E-state index is 0.130. The molecule has 0 saturated carbocycles. The molecular formula is C18H15F2N3O2. The van der Waals surface area contributed by atoms with E-state index in [-0.39, 0.29) is 12.2 Å². The lowest BCUT2D eigenvalue weighted by Gasteiger charge is -2.13. The maximum absolute atomic E-state index is 13.6. The molecule has 3 aromatic rings. The molecule has 0 aliphatic carbocycles. The Morgan fingerprint density at radius 3 is 2.44 bits per heavy atom. The van der Waals surface area contributed by atoms with E-state index < -0.39 is 29.2 Å². The van der Waals surface area contributed by atoms with Crippen LogP contribution in [0.25, 0.3) is 5.69 Å². The number of halogens is 2. The third-order valence-corrected chi connectivity index (χ3v) is 3.63. The van der Waals surface area contributed by atoms with E-state index in [1.54, 1.807) is 6.20 Å². The molecular weight excluding hydrogens is 328 g/mol. The summed E-state index contributed by atoms with van der Waals surface area (Å²) < 4.78 is 28.8. The van der Waals surface area contributed by atoms with Gasteiger partial charge in [0.15, 0.2) is 5.69 Å². The second-order valence-corrected chi connectivity index (χ2v) is 5.34. The van der Waals surface area contributed by atoms with Gasteiger partial charge in [0.05, 0.1) is 11.3 Å². The Hall–Kier alpha value is -3.06. The molecule has 0 bridgehead atoms. The van der Waals surface area contributed by atoms with E-state index in [1.165, 1.54) is 16.8 Å². The van der Waals surface area contributed by atoms with Crippen molar-refractivity contribution in [3.8, 4) is 5.69 Å². The van der Waals surface area contributed by atoms with Crippen molar-refractivity contribution in [3.63, 3.8) is 0 Å². The Bertz CT molecular complexity index is 861. The molecule has 25 heavy (non-hydrogen) atoms. The smallest absolute Gasteiger partial charge is 0.271 e. The fraction of sp³-hybridized carbons (Fsp3) is 0.111. The van der Waals surface area contributed by atoms with Gasteiger partial charge in [-0.05, 0) is 30.3 Å². The summed E-state index contributed by atoms with van der Waals surface area (Å²) in [6, 6.07) is 14.0. The molecule has 1 unspecified atom stereocenters. The van der Waals surface area contributed by atoms with Gasteiger partial charge in [0, 0.05) is 12.7 Å². The summed E-state index contributed by atoms with van der Waals surface area (Å²) in [6.45, 7) is -0.338. The van der Waals surface area contributed by atoms with Gasteiger partial charge in [-0.15, -0.1) is 0 Å². The Kier molecular flexibility index (Phi) is 4.85. The quantitative estimate of drug-likeness (QED) is 0.748. The first kappa shape index (κ1) is 16.8. The number of para-hydroxylation sites is 1. The second kappa shape index (κ2) is 7.23. The Morgan fingerprint density at radius 2 is 1.76 bits per heavy atom. The molecule has 128 valence electrons. The van der Waals surface area contributed by atoms with Crippen LogP contribution >= 0.6 is 0 Å². The molecule has 1 atom stereocenters. The van der Waals surface area contributed by atoms with E-state index in [9.17, 15) is 18.7 Å². The van der Waals surface area contributed by atoms with Crippen LogP contribution in [0.4, 0.5) is 8.78 Å². The van der Waals surface area contributed by atoms with Gasteiger partial charge in [-0.3, -0.25) is 4.79 Å². The van der Waals surface area contributed by atoms with Crippen LogP contribution in [0.15, 0.2) is 60.8 Å². The van der Waals surface area contributed by atoms with Crippen molar-refractivity contribution in [2.45, 2.75) is 6.10 Å². The average molecular weight is 343 g/mol. The molecule has 0 saturated heterocycles. The maximum atomic E-state index is 13.6. The van der Waals surface area contributed by atoms with Gasteiger partial charge in [-0.2, -0.15) is 5.10 Å². The number of hydrogen-bond donors (Lipinski definition) is 2. The summed E-state index contributed by atoms with van der Waals surface area (Å²) >= 11 is 0. The molecule has 1 heterocycles. The number of rotatable bonds is 5. The number of carbonyl (C=O) groups excluding carboxylic acids is 1. The van der Waals surface area contributed by atoms with Crippen LogP contribution in [0.5, 0.6) is 0 Å². The van der Waals surface area contributed by atoms with Crippen molar-refractivity contribution >= 4 is 5.91 Å². The highest BCUT2D eigenvalue weighted by atomic mass is 19.1. The molecule has 0 aliphatic heterocycles. The lowest BCUT2D eigenvalue weighted by atomic mass is 10.1. The molecule has 2 N–H and O–H groups in total. The van der Waals surface area contributed by atoms with Gasteiger partial charge in [0.1, 0.15) is 17.7 Å². The third-order valence-electron chi connectivity index (χ3n) is 3.63. The first-order valence-electron chi connectivity index (χ1n) is 7.57. The van der Waals surface area contributed by atoms with Gasteiger partial charge < -0.3 is 10.4 Å². The van der Waals surface area contributed by atoms with E-state index in [1.807, 2.05) is 30.3 Å². The average Bonchev–Trinajstić information content (AvgIpc) is 3.10. The minimum atomic E-state index is -1.50. The highest BCUT2D eigenvalue weighted by Crippen LogP contribution is 2.20. The van der Waals surface area contributed by atoms with Crippen LogP contribution in [-0.4, -0.2) is 27.3 Å². The maximum Gasteiger partial charge on any atom is 0.271 e. The van der Waals surface area contributed by atoms with Crippen LogP contribution in [0, 0.1) is 11.6 Å².